The highest BCUT2D eigenvalue weighted by molar-refractivity contribution is 6.31. The van der Waals surface area contributed by atoms with E-state index in [0.29, 0.717) is 5.57 Å². The van der Waals surface area contributed by atoms with Crippen LogP contribution in [-0.4, -0.2) is 5.71 Å². The van der Waals surface area contributed by atoms with Gasteiger partial charge in [0, 0.05) is 5.57 Å². The Morgan fingerprint density at radius 2 is 1.69 bits per heavy atom. The minimum absolute atomic E-state index is 0.161. The fraction of sp³-hybridized carbons (Fsp3) is 0. The highest BCUT2D eigenvalue weighted by Crippen LogP contribution is 2.02. The van der Waals surface area contributed by atoms with Gasteiger partial charge >= 0.3 is 0 Å². The summed E-state index contributed by atoms with van der Waals surface area (Å²) in [4.78, 5) is 0. The van der Waals surface area contributed by atoms with Crippen molar-refractivity contribution in [3.8, 4) is 0 Å². The number of nitrogens with zero attached hydrogens (tertiary/aromatic N) is 1. The van der Waals surface area contributed by atoms with Crippen LogP contribution in [0.2, 0.25) is 0 Å². The molecule has 1 nitrogen and oxygen atoms in total. The highest BCUT2D eigenvalue weighted by Gasteiger charge is 2.04. The molecule has 0 amide bonds. The average molecular weight is 188 g/mol. The lowest BCUT2D eigenvalue weighted by Crippen LogP contribution is -2.29. The standard InChI is InChI=1S/C11H6ClN/c12-7-10-5-8-3-1-2-4-9(8)6-11(10)13/h1-6H. The summed E-state index contributed by atoms with van der Waals surface area (Å²) in [5, 5.41) is 11.5. The first kappa shape index (κ1) is 8.27. The Kier molecular flexibility index (Phi) is 2.03. The molecule has 1 aromatic carbocycles. The zero-order chi connectivity index (χ0) is 9.26. The second-order valence-corrected chi connectivity index (χ2v) is 3.00. The van der Waals surface area contributed by atoms with Crippen molar-refractivity contribution < 1.29 is 0 Å². The van der Waals surface area contributed by atoms with Crippen molar-refractivity contribution >= 4 is 29.5 Å². The number of hydrogen-bond donors (Lipinski definition) is 0. The highest BCUT2D eigenvalue weighted by atomic mass is 35.5. The van der Waals surface area contributed by atoms with Crippen LogP contribution in [0.15, 0.2) is 29.8 Å². The van der Waals surface area contributed by atoms with Gasteiger partial charge < -0.3 is 0 Å². The molecule has 62 valence electrons. The summed E-state index contributed by atoms with van der Waals surface area (Å²) in [6.45, 7) is 0. The molecule has 1 aromatic rings. The van der Waals surface area contributed by atoms with Crippen LogP contribution >= 0.6 is 11.6 Å². The summed E-state index contributed by atoms with van der Waals surface area (Å²) in [6, 6.07) is 7.77. The number of rotatable bonds is 0. The maximum Gasteiger partial charge on any atom is 0.0951 e. The lowest BCUT2D eigenvalue weighted by atomic mass is 10.0. The maximum absolute atomic E-state index is 9.46. The molecule has 0 aliphatic heterocycles. The van der Waals surface area contributed by atoms with E-state index >= 15 is 0 Å². The normalized spacial score (nSPS) is 17.6. The third-order valence-electron chi connectivity index (χ3n) is 1.97. The molecule has 1 aliphatic carbocycles. The van der Waals surface area contributed by atoms with Crippen molar-refractivity contribution in [3.05, 3.63) is 45.8 Å². The smallest absolute Gasteiger partial charge is 0.0951 e. The Bertz CT molecular complexity index is 497. The Balaban J connectivity index is 2.81. The Labute approximate surface area is 81.2 Å². The van der Waals surface area contributed by atoms with Gasteiger partial charge in [-0.05, 0) is 22.6 Å². The number of hydrogen-bond acceptors (Lipinski definition) is 0. The second kappa shape index (κ2) is 3.19. The predicted molar refractivity (Wildman–Crippen MR) is 54.4 cm³/mol. The summed E-state index contributed by atoms with van der Waals surface area (Å²) < 4.78 is 0. The van der Waals surface area contributed by atoms with Crippen molar-refractivity contribution in [1.29, 1.82) is 0 Å². The monoisotopic (exact) mass is 187 g/mol. The molecule has 2 rings (SSSR count). The van der Waals surface area contributed by atoms with E-state index in [4.69, 9.17) is 11.6 Å². The van der Waals surface area contributed by atoms with E-state index in [1.807, 2.05) is 24.3 Å². The molecule has 0 spiro atoms. The van der Waals surface area contributed by atoms with E-state index in [0.717, 1.165) is 10.4 Å². The van der Waals surface area contributed by atoms with Gasteiger partial charge in [-0.3, -0.25) is 0 Å². The average Bonchev–Trinajstić information content (AvgIpc) is 2.17. The van der Waals surface area contributed by atoms with E-state index in [9.17, 15) is 5.41 Å². The number of fused-ring (bicyclic) bond motifs is 1. The van der Waals surface area contributed by atoms with Crippen molar-refractivity contribution in [2.24, 2.45) is 0 Å². The van der Waals surface area contributed by atoms with Crippen LogP contribution < -0.4 is 15.8 Å². The number of allylic oxidation sites excluding steroid dienone is 1. The summed E-state index contributed by atoms with van der Waals surface area (Å²) in [6.07, 6.45) is 3.48. The largest absolute Gasteiger partial charge is 0.150 e. The Hall–Kier alpha value is -1.34. The van der Waals surface area contributed by atoms with Crippen LogP contribution in [0.25, 0.3) is 12.2 Å². The molecule has 0 saturated heterocycles. The molecule has 1 aliphatic rings. The molecule has 0 saturated carbocycles. The zero-order valence-corrected chi connectivity index (χ0v) is 7.55. The third kappa shape index (κ3) is 1.43. The topological polar surface area (TPSA) is 22.3 Å². The maximum atomic E-state index is 9.46. The van der Waals surface area contributed by atoms with Gasteiger partial charge in [0.25, 0.3) is 0 Å². The van der Waals surface area contributed by atoms with Gasteiger partial charge in [0.15, 0.2) is 0 Å². The first-order valence-electron chi connectivity index (χ1n) is 3.89. The molecule has 0 fully saturated rings. The first-order chi connectivity index (χ1) is 6.31. The van der Waals surface area contributed by atoms with Gasteiger partial charge in [-0.15, -0.1) is 5.41 Å². The molecule has 2 radical (unpaired) electrons. The first-order valence-corrected chi connectivity index (χ1v) is 4.27. The van der Waals surface area contributed by atoms with Crippen LogP contribution in [-0.2, 0) is 0 Å². The summed E-state index contributed by atoms with van der Waals surface area (Å²) >= 11 is 5.42. The minimum Gasteiger partial charge on any atom is -0.150 e. The summed E-state index contributed by atoms with van der Waals surface area (Å²) in [5.74, 6) is 0. The van der Waals surface area contributed by atoms with E-state index in [1.54, 1.807) is 12.2 Å². The summed E-state index contributed by atoms with van der Waals surface area (Å²) in [7, 11) is 0. The van der Waals surface area contributed by atoms with Crippen LogP contribution in [0.4, 0.5) is 0 Å². The fourth-order valence-corrected chi connectivity index (χ4v) is 1.46. The van der Waals surface area contributed by atoms with Crippen LogP contribution in [0, 0.1) is 5.54 Å². The van der Waals surface area contributed by atoms with E-state index < -0.39 is 0 Å². The molecule has 13 heavy (non-hydrogen) atoms. The van der Waals surface area contributed by atoms with Gasteiger partial charge in [-0.1, -0.05) is 35.9 Å². The fourth-order valence-electron chi connectivity index (χ4n) is 1.30. The van der Waals surface area contributed by atoms with E-state index in [2.05, 4.69) is 5.54 Å². The molecule has 0 heterocycles. The van der Waals surface area contributed by atoms with Gasteiger partial charge in [-0.2, -0.15) is 0 Å². The van der Waals surface area contributed by atoms with Crippen LogP contribution in [0.5, 0.6) is 0 Å². The van der Waals surface area contributed by atoms with E-state index in [-0.39, 0.29) is 5.71 Å². The van der Waals surface area contributed by atoms with Crippen molar-refractivity contribution in [1.82, 2.24) is 5.41 Å². The minimum atomic E-state index is 0.161. The molecule has 0 aromatic heterocycles. The Morgan fingerprint density at radius 3 is 2.31 bits per heavy atom. The number of benzene rings is 1. The van der Waals surface area contributed by atoms with Gasteiger partial charge in [0.05, 0.1) is 11.2 Å². The lowest BCUT2D eigenvalue weighted by Gasteiger charge is -2.02. The van der Waals surface area contributed by atoms with Gasteiger partial charge in [-0.25, -0.2) is 0 Å². The SMILES string of the molecule is [N]=C1C=c2ccccc2=CC1=[C]Cl. The summed E-state index contributed by atoms with van der Waals surface area (Å²) in [5.41, 5.74) is 3.10. The van der Waals surface area contributed by atoms with Gasteiger partial charge in [0.1, 0.15) is 0 Å². The lowest BCUT2D eigenvalue weighted by molar-refractivity contribution is 1.50. The predicted octanol–water partition coefficient (Wildman–Crippen LogP) is 0.428. The molecule has 0 bridgehead atoms. The van der Waals surface area contributed by atoms with Gasteiger partial charge in [0.2, 0.25) is 0 Å². The molecule has 0 atom stereocenters. The molecular weight excluding hydrogens is 182 g/mol. The molecule has 2 heteroatoms. The molecule has 0 unspecified atom stereocenters. The quantitative estimate of drug-likeness (QED) is 0.562. The zero-order valence-electron chi connectivity index (χ0n) is 6.79. The van der Waals surface area contributed by atoms with Crippen molar-refractivity contribution in [3.63, 3.8) is 0 Å². The van der Waals surface area contributed by atoms with E-state index in [1.165, 1.54) is 0 Å². The van der Waals surface area contributed by atoms with Crippen molar-refractivity contribution in [2.45, 2.75) is 0 Å². The Morgan fingerprint density at radius 1 is 1.08 bits per heavy atom. The molecule has 0 N–H and O–H groups in total. The molecular formula is C11H6ClN. The third-order valence-corrected chi connectivity index (χ3v) is 2.17. The van der Waals surface area contributed by atoms with Crippen molar-refractivity contribution in [2.75, 3.05) is 0 Å². The number of halogens is 1. The van der Waals surface area contributed by atoms with Crippen LogP contribution in [0.1, 0.15) is 0 Å². The van der Waals surface area contributed by atoms with Crippen LogP contribution in [0.3, 0.4) is 0 Å². The second-order valence-electron chi connectivity index (χ2n) is 2.81.